The minimum Gasteiger partial charge on any atom is -0.371 e. The van der Waals surface area contributed by atoms with Crippen LogP contribution in [-0.4, -0.2) is 12.0 Å². The van der Waals surface area contributed by atoms with Crippen molar-refractivity contribution in [1.82, 2.24) is 4.98 Å². The van der Waals surface area contributed by atoms with Crippen molar-refractivity contribution in [3.05, 3.63) is 46.2 Å². The van der Waals surface area contributed by atoms with Gasteiger partial charge in [0.2, 0.25) is 0 Å². The summed E-state index contributed by atoms with van der Waals surface area (Å²) in [6.45, 7) is 0. The van der Waals surface area contributed by atoms with Crippen LogP contribution in [0.2, 0.25) is 0 Å². The number of hydrogen-bond donors (Lipinski definition) is 2. The number of nitrogens with zero attached hydrogens (tertiary/aromatic N) is 1. The van der Waals surface area contributed by atoms with Gasteiger partial charge >= 0.3 is 0 Å². The number of hydrogen-bond acceptors (Lipinski definition) is 3. The molecule has 0 aliphatic rings. The molecular weight excluding hydrogens is 323 g/mol. The predicted octanol–water partition coefficient (Wildman–Crippen LogP) is 4.05. The molecular formula is C12H9BrF3N3. The Morgan fingerprint density at radius 2 is 1.68 bits per heavy atom. The maximum atomic E-state index is 13.6. The SMILES string of the molecule is CNc1nc(Nc2cc(Br)ccc2F)c(F)cc1F. The number of pyridine rings is 1. The number of halogens is 4. The summed E-state index contributed by atoms with van der Waals surface area (Å²) in [7, 11) is 1.45. The van der Waals surface area contributed by atoms with E-state index in [2.05, 4.69) is 31.5 Å². The van der Waals surface area contributed by atoms with Gasteiger partial charge in [-0.05, 0) is 18.2 Å². The van der Waals surface area contributed by atoms with Crippen molar-refractivity contribution in [2.75, 3.05) is 17.7 Å². The summed E-state index contributed by atoms with van der Waals surface area (Å²) in [5, 5.41) is 4.96. The van der Waals surface area contributed by atoms with Crippen LogP contribution in [0.1, 0.15) is 0 Å². The first-order valence-corrected chi connectivity index (χ1v) is 6.06. The zero-order valence-corrected chi connectivity index (χ0v) is 11.4. The fourth-order valence-corrected chi connectivity index (χ4v) is 1.81. The van der Waals surface area contributed by atoms with Crippen molar-refractivity contribution in [3.63, 3.8) is 0 Å². The third-order valence-electron chi connectivity index (χ3n) is 2.35. The first-order valence-electron chi connectivity index (χ1n) is 5.27. The van der Waals surface area contributed by atoms with Gasteiger partial charge in [-0.1, -0.05) is 15.9 Å². The van der Waals surface area contributed by atoms with Gasteiger partial charge < -0.3 is 10.6 Å². The van der Waals surface area contributed by atoms with E-state index in [0.717, 1.165) is 0 Å². The highest BCUT2D eigenvalue weighted by Gasteiger charge is 2.13. The van der Waals surface area contributed by atoms with Gasteiger partial charge in [0.05, 0.1) is 5.69 Å². The molecule has 1 aromatic carbocycles. The predicted molar refractivity (Wildman–Crippen MR) is 71.1 cm³/mol. The molecule has 0 atom stereocenters. The molecule has 0 unspecified atom stereocenters. The van der Waals surface area contributed by atoms with Gasteiger partial charge in [-0.2, -0.15) is 0 Å². The Labute approximate surface area is 116 Å². The highest BCUT2D eigenvalue weighted by molar-refractivity contribution is 9.10. The number of aromatic nitrogens is 1. The average molecular weight is 332 g/mol. The van der Waals surface area contributed by atoms with E-state index < -0.39 is 17.5 Å². The fourth-order valence-electron chi connectivity index (χ4n) is 1.45. The van der Waals surface area contributed by atoms with E-state index in [1.54, 1.807) is 0 Å². The number of anilines is 3. The van der Waals surface area contributed by atoms with Crippen molar-refractivity contribution in [3.8, 4) is 0 Å². The lowest BCUT2D eigenvalue weighted by Gasteiger charge is -2.10. The van der Waals surface area contributed by atoms with Gasteiger partial charge in [0.1, 0.15) is 5.82 Å². The van der Waals surface area contributed by atoms with Gasteiger partial charge in [-0.15, -0.1) is 0 Å². The van der Waals surface area contributed by atoms with Gasteiger partial charge in [0.15, 0.2) is 23.3 Å². The molecule has 1 aromatic heterocycles. The Kier molecular flexibility index (Phi) is 3.94. The maximum Gasteiger partial charge on any atom is 0.169 e. The lowest BCUT2D eigenvalue weighted by atomic mass is 10.3. The topological polar surface area (TPSA) is 37.0 Å². The van der Waals surface area contributed by atoms with Crippen LogP contribution in [0.5, 0.6) is 0 Å². The first kappa shape index (κ1) is 13.7. The van der Waals surface area contributed by atoms with Gasteiger partial charge in [-0.25, -0.2) is 18.2 Å². The van der Waals surface area contributed by atoms with Crippen LogP contribution >= 0.6 is 15.9 Å². The van der Waals surface area contributed by atoms with Crippen LogP contribution in [0.15, 0.2) is 28.7 Å². The second kappa shape index (κ2) is 5.48. The number of benzene rings is 1. The van der Waals surface area contributed by atoms with Crippen molar-refractivity contribution < 1.29 is 13.2 Å². The molecule has 0 aliphatic heterocycles. The second-order valence-electron chi connectivity index (χ2n) is 3.65. The Morgan fingerprint density at radius 1 is 1.00 bits per heavy atom. The highest BCUT2D eigenvalue weighted by Crippen LogP contribution is 2.26. The Morgan fingerprint density at radius 3 is 2.37 bits per heavy atom. The molecule has 100 valence electrons. The Bertz CT molecular complexity index is 619. The Balaban J connectivity index is 2.40. The first-order chi connectivity index (χ1) is 9.01. The molecule has 2 aromatic rings. The van der Waals surface area contributed by atoms with E-state index in [1.807, 2.05) is 0 Å². The van der Waals surface area contributed by atoms with Crippen LogP contribution in [0.3, 0.4) is 0 Å². The van der Waals surface area contributed by atoms with Crippen LogP contribution < -0.4 is 10.6 Å². The van der Waals surface area contributed by atoms with Crippen molar-refractivity contribution in [2.24, 2.45) is 0 Å². The third-order valence-corrected chi connectivity index (χ3v) is 2.84. The summed E-state index contributed by atoms with van der Waals surface area (Å²) in [5.41, 5.74) is 0.0365. The standard InChI is InChI=1S/C12H9BrF3N3/c1-17-11-8(15)5-9(16)12(19-11)18-10-4-6(13)2-3-7(10)14/h2-5H,1H3,(H2,17,18,19). The lowest BCUT2D eigenvalue weighted by molar-refractivity contribution is 0.579. The molecule has 0 saturated carbocycles. The zero-order valence-electron chi connectivity index (χ0n) is 9.77. The van der Waals surface area contributed by atoms with E-state index in [1.165, 1.54) is 25.2 Å². The molecule has 0 radical (unpaired) electrons. The normalized spacial score (nSPS) is 10.4. The molecule has 2 rings (SSSR count). The molecule has 0 spiro atoms. The maximum absolute atomic E-state index is 13.6. The summed E-state index contributed by atoms with van der Waals surface area (Å²) in [5.74, 6) is -2.68. The average Bonchev–Trinajstić information content (AvgIpc) is 2.37. The molecule has 3 nitrogen and oxygen atoms in total. The fraction of sp³-hybridized carbons (Fsp3) is 0.0833. The summed E-state index contributed by atoms with van der Waals surface area (Å²) in [4.78, 5) is 3.70. The summed E-state index contributed by atoms with van der Waals surface area (Å²) in [6.07, 6.45) is 0. The quantitative estimate of drug-likeness (QED) is 0.891. The van der Waals surface area contributed by atoms with E-state index in [4.69, 9.17) is 0 Å². The molecule has 0 fully saturated rings. The van der Waals surface area contributed by atoms with E-state index >= 15 is 0 Å². The second-order valence-corrected chi connectivity index (χ2v) is 4.56. The summed E-state index contributed by atoms with van der Waals surface area (Å²) in [6, 6.07) is 4.83. The van der Waals surface area contributed by atoms with Crippen molar-refractivity contribution in [2.45, 2.75) is 0 Å². The van der Waals surface area contributed by atoms with Crippen molar-refractivity contribution >= 4 is 33.3 Å². The Hall–Kier alpha value is -1.76. The molecule has 0 aliphatic carbocycles. The molecule has 7 heteroatoms. The monoisotopic (exact) mass is 331 g/mol. The molecule has 0 amide bonds. The van der Waals surface area contributed by atoms with Gasteiger partial charge in [-0.3, -0.25) is 0 Å². The van der Waals surface area contributed by atoms with E-state index in [9.17, 15) is 13.2 Å². The molecule has 0 bridgehead atoms. The zero-order chi connectivity index (χ0) is 14.0. The largest absolute Gasteiger partial charge is 0.371 e. The summed E-state index contributed by atoms with van der Waals surface area (Å²) < 4.78 is 40.9. The molecule has 2 N–H and O–H groups in total. The molecule has 0 saturated heterocycles. The summed E-state index contributed by atoms with van der Waals surface area (Å²) >= 11 is 3.17. The minimum atomic E-state index is -0.907. The highest BCUT2D eigenvalue weighted by atomic mass is 79.9. The van der Waals surface area contributed by atoms with Gasteiger partial charge in [0.25, 0.3) is 0 Å². The molecule has 1 heterocycles. The van der Waals surface area contributed by atoms with Crippen LogP contribution in [0.4, 0.5) is 30.5 Å². The minimum absolute atomic E-state index is 0.0365. The third kappa shape index (κ3) is 2.98. The van der Waals surface area contributed by atoms with Crippen LogP contribution in [0.25, 0.3) is 0 Å². The van der Waals surface area contributed by atoms with Gasteiger partial charge in [0, 0.05) is 17.6 Å². The number of rotatable bonds is 3. The molecule has 19 heavy (non-hydrogen) atoms. The number of nitrogens with one attached hydrogen (secondary N) is 2. The van der Waals surface area contributed by atoms with Crippen LogP contribution in [-0.2, 0) is 0 Å². The lowest BCUT2D eigenvalue weighted by Crippen LogP contribution is -2.04. The van der Waals surface area contributed by atoms with E-state index in [-0.39, 0.29) is 17.3 Å². The van der Waals surface area contributed by atoms with Crippen LogP contribution in [0, 0.1) is 17.5 Å². The smallest absolute Gasteiger partial charge is 0.169 e. The van der Waals surface area contributed by atoms with Crippen molar-refractivity contribution in [1.29, 1.82) is 0 Å². The van der Waals surface area contributed by atoms with E-state index in [0.29, 0.717) is 10.5 Å².